The van der Waals surface area contributed by atoms with Crippen LogP contribution < -0.4 is 0 Å². The minimum Gasteiger partial charge on any atom is -0.377 e. The fourth-order valence-electron chi connectivity index (χ4n) is 1.49. The third-order valence-electron chi connectivity index (χ3n) is 2.92. The Morgan fingerprint density at radius 1 is 0.818 bits per heavy atom. The number of hydrogen-bond donors (Lipinski definition) is 1. The quantitative estimate of drug-likeness (QED) is 0.846. The van der Waals surface area contributed by atoms with Crippen LogP contribution in [0.25, 0.3) is 0 Å². The van der Waals surface area contributed by atoms with E-state index in [1.54, 1.807) is 0 Å². The molecule has 0 aliphatic rings. The van der Waals surface area contributed by atoms with E-state index in [4.69, 9.17) is 0 Å². The van der Waals surface area contributed by atoms with Gasteiger partial charge >= 0.3 is 23.9 Å². The number of hydrogen-bond acceptors (Lipinski definition) is 2. The van der Waals surface area contributed by atoms with Crippen LogP contribution in [-0.4, -0.2) is 34.0 Å². The number of halogens is 9. The van der Waals surface area contributed by atoms with E-state index in [1.165, 1.54) is 0 Å². The first-order valence-electron chi connectivity index (χ1n) is 5.44. The lowest BCUT2D eigenvalue weighted by Gasteiger charge is -2.40. The first kappa shape index (κ1) is 18.5. The summed E-state index contributed by atoms with van der Waals surface area (Å²) < 4.78 is 115. The minimum absolute atomic E-state index is 0.0320. The molecule has 0 aliphatic heterocycles. The summed E-state index contributed by atoms with van der Waals surface area (Å²) in [5.41, 5.74) is -5.27. The fraction of sp³-hybridized carbons (Fsp3) is 0.545. The first-order chi connectivity index (χ1) is 9.61. The monoisotopic (exact) mass is 341 g/mol. The van der Waals surface area contributed by atoms with Crippen molar-refractivity contribution in [2.24, 2.45) is 0 Å². The Labute approximate surface area is 117 Å². The van der Waals surface area contributed by atoms with E-state index in [2.05, 4.69) is 4.98 Å². The van der Waals surface area contributed by atoms with Gasteiger partial charge in [0.25, 0.3) is 0 Å². The van der Waals surface area contributed by atoms with Crippen molar-refractivity contribution >= 4 is 0 Å². The van der Waals surface area contributed by atoms with Gasteiger partial charge in [0, 0.05) is 6.20 Å². The Hall–Kier alpha value is -1.52. The molecule has 2 nitrogen and oxygen atoms in total. The second-order valence-electron chi connectivity index (χ2n) is 4.51. The molecular formula is C11H8F9NO. The normalized spacial score (nSPS) is 17.2. The summed E-state index contributed by atoms with van der Waals surface area (Å²) in [5.74, 6) is -20.2. The number of aliphatic hydroxyl groups is 1. The van der Waals surface area contributed by atoms with Crippen molar-refractivity contribution in [3.63, 3.8) is 0 Å². The zero-order chi connectivity index (χ0) is 17.6. The highest BCUT2D eigenvalue weighted by molar-refractivity contribution is 5.20. The van der Waals surface area contributed by atoms with E-state index in [9.17, 15) is 44.6 Å². The smallest absolute Gasteiger partial charge is 0.377 e. The van der Waals surface area contributed by atoms with Crippen molar-refractivity contribution in [2.75, 3.05) is 0 Å². The lowest BCUT2D eigenvalue weighted by Crippen LogP contribution is -2.66. The Morgan fingerprint density at radius 3 is 1.68 bits per heavy atom. The molecule has 1 N–H and O–H groups in total. The molecule has 1 heterocycles. The van der Waals surface area contributed by atoms with E-state index in [0.29, 0.717) is 6.07 Å². The largest absolute Gasteiger partial charge is 0.460 e. The number of aromatic nitrogens is 1. The third kappa shape index (κ3) is 2.40. The van der Waals surface area contributed by atoms with Gasteiger partial charge in [-0.2, -0.15) is 39.5 Å². The maximum absolute atomic E-state index is 13.7. The van der Waals surface area contributed by atoms with Crippen molar-refractivity contribution in [1.29, 1.82) is 0 Å². The van der Waals surface area contributed by atoms with E-state index >= 15 is 0 Å². The number of rotatable bonds is 4. The summed E-state index contributed by atoms with van der Waals surface area (Å²) >= 11 is 0. The van der Waals surface area contributed by atoms with Crippen molar-refractivity contribution in [3.05, 3.63) is 30.1 Å². The van der Waals surface area contributed by atoms with Crippen LogP contribution >= 0.6 is 0 Å². The highest BCUT2D eigenvalue weighted by Gasteiger charge is 2.85. The summed E-state index contributed by atoms with van der Waals surface area (Å²) in [5, 5.41) is 9.49. The number of alkyl halides is 9. The molecule has 1 aromatic heterocycles. The van der Waals surface area contributed by atoms with Crippen molar-refractivity contribution < 1.29 is 44.6 Å². The topological polar surface area (TPSA) is 33.1 Å². The van der Waals surface area contributed by atoms with Gasteiger partial charge in [0.1, 0.15) is 0 Å². The molecule has 0 aromatic carbocycles. The van der Waals surface area contributed by atoms with Crippen LogP contribution in [0.1, 0.15) is 12.6 Å². The molecule has 1 rings (SSSR count). The average molecular weight is 341 g/mol. The Morgan fingerprint density at radius 2 is 1.32 bits per heavy atom. The molecule has 0 fully saturated rings. The molecule has 11 heteroatoms. The lowest BCUT2D eigenvalue weighted by atomic mass is 9.86. The highest BCUT2D eigenvalue weighted by atomic mass is 19.4. The number of nitrogens with zero attached hydrogens (tertiary/aromatic N) is 1. The SMILES string of the molecule is CC(O)(c1ccccn1)C(F)(F)C(F)(F)C(F)(F)C(F)(F)F. The van der Waals surface area contributed by atoms with Gasteiger partial charge in [-0.3, -0.25) is 4.98 Å². The molecule has 126 valence electrons. The Bertz CT molecular complexity index is 524. The number of pyridine rings is 1. The summed E-state index contributed by atoms with van der Waals surface area (Å²) in [4.78, 5) is 3.08. The molecule has 0 spiro atoms. The van der Waals surface area contributed by atoms with Crippen LogP contribution in [0, 0.1) is 0 Å². The van der Waals surface area contributed by atoms with Gasteiger partial charge in [0.15, 0.2) is 5.60 Å². The maximum Gasteiger partial charge on any atom is 0.460 e. The van der Waals surface area contributed by atoms with E-state index < -0.39 is 35.2 Å². The standard InChI is InChI=1S/C11H8F9NO/c1-7(22,6-4-2-3-5-21-6)8(12,13)9(14,15)10(16,17)11(18,19)20/h2-5,22H,1H3. The summed E-state index contributed by atoms with van der Waals surface area (Å²) in [7, 11) is 0. The summed E-state index contributed by atoms with van der Waals surface area (Å²) in [6, 6.07) is 2.66. The molecule has 0 bridgehead atoms. The minimum atomic E-state index is -7.07. The third-order valence-corrected chi connectivity index (χ3v) is 2.92. The summed E-state index contributed by atoms with van der Waals surface area (Å²) in [6.45, 7) is -0.0320. The van der Waals surface area contributed by atoms with Gasteiger partial charge in [-0.15, -0.1) is 0 Å². The van der Waals surface area contributed by atoms with Crippen molar-refractivity contribution in [2.45, 2.75) is 36.5 Å². The highest BCUT2D eigenvalue weighted by Crippen LogP contribution is 2.57. The molecule has 0 amide bonds. The molecule has 1 atom stereocenters. The zero-order valence-corrected chi connectivity index (χ0v) is 10.6. The van der Waals surface area contributed by atoms with Crippen LogP contribution in [-0.2, 0) is 5.60 Å². The van der Waals surface area contributed by atoms with Crippen LogP contribution in [0.5, 0.6) is 0 Å². The lowest BCUT2D eigenvalue weighted by molar-refractivity contribution is -0.417. The molecule has 1 aromatic rings. The Kier molecular flexibility index (Phi) is 4.21. The van der Waals surface area contributed by atoms with Gasteiger partial charge in [-0.05, 0) is 19.1 Å². The second-order valence-corrected chi connectivity index (χ2v) is 4.51. The maximum atomic E-state index is 13.7. The van der Waals surface area contributed by atoms with Crippen LogP contribution in [0.2, 0.25) is 0 Å². The van der Waals surface area contributed by atoms with Crippen LogP contribution in [0.3, 0.4) is 0 Å². The predicted octanol–water partition coefficient (Wildman–Crippen LogP) is 3.76. The van der Waals surface area contributed by atoms with Crippen LogP contribution in [0.4, 0.5) is 39.5 Å². The molecule has 0 radical (unpaired) electrons. The zero-order valence-electron chi connectivity index (χ0n) is 10.6. The molecular weight excluding hydrogens is 333 g/mol. The van der Waals surface area contributed by atoms with Crippen LogP contribution in [0.15, 0.2) is 24.4 Å². The van der Waals surface area contributed by atoms with Crippen molar-refractivity contribution in [1.82, 2.24) is 4.98 Å². The van der Waals surface area contributed by atoms with E-state index in [-0.39, 0.29) is 6.92 Å². The van der Waals surface area contributed by atoms with Gasteiger partial charge in [-0.1, -0.05) is 6.07 Å². The molecule has 0 saturated carbocycles. The average Bonchev–Trinajstić information content (AvgIpc) is 2.37. The Balaban J connectivity index is 3.45. The van der Waals surface area contributed by atoms with Gasteiger partial charge in [0.2, 0.25) is 0 Å². The predicted molar refractivity (Wildman–Crippen MR) is 54.7 cm³/mol. The van der Waals surface area contributed by atoms with Gasteiger partial charge in [-0.25, -0.2) is 0 Å². The second kappa shape index (κ2) is 5.00. The van der Waals surface area contributed by atoms with E-state index in [0.717, 1.165) is 18.3 Å². The molecule has 0 aliphatic carbocycles. The first-order valence-corrected chi connectivity index (χ1v) is 5.44. The molecule has 1 unspecified atom stereocenters. The summed E-state index contributed by atoms with van der Waals surface area (Å²) in [6.07, 6.45) is -6.18. The van der Waals surface area contributed by atoms with Crippen molar-refractivity contribution in [3.8, 4) is 0 Å². The molecule has 22 heavy (non-hydrogen) atoms. The molecule has 0 saturated heterocycles. The van der Waals surface area contributed by atoms with E-state index in [1.807, 2.05) is 0 Å². The fourth-order valence-corrected chi connectivity index (χ4v) is 1.49. The van der Waals surface area contributed by atoms with Gasteiger partial charge in [0.05, 0.1) is 5.69 Å². The van der Waals surface area contributed by atoms with Gasteiger partial charge < -0.3 is 5.11 Å².